The molecule has 1 heterocycles. The third kappa shape index (κ3) is 5.60. The molecule has 0 saturated carbocycles. The van der Waals surface area contributed by atoms with Crippen molar-refractivity contribution in [3.05, 3.63) is 65.2 Å². The number of amides is 1. The number of rotatable bonds is 10. The highest BCUT2D eigenvalue weighted by Gasteiger charge is 2.19. The summed E-state index contributed by atoms with van der Waals surface area (Å²) >= 11 is 6.06. The van der Waals surface area contributed by atoms with Crippen molar-refractivity contribution >= 4 is 28.4 Å². The van der Waals surface area contributed by atoms with Crippen LogP contribution in [0.25, 0.3) is 22.2 Å². The normalized spacial score (nSPS) is 11.0. The summed E-state index contributed by atoms with van der Waals surface area (Å²) in [5, 5.41) is 1.60. The minimum absolute atomic E-state index is 0.107. The second-order valence-electron chi connectivity index (χ2n) is 7.79. The van der Waals surface area contributed by atoms with E-state index in [-0.39, 0.29) is 5.91 Å². The molecule has 0 atom stereocenters. The van der Waals surface area contributed by atoms with Gasteiger partial charge in [0.25, 0.3) is 5.91 Å². The first-order valence-corrected chi connectivity index (χ1v) is 11.5. The molecule has 0 spiro atoms. The fourth-order valence-electron chi connectivity index (χ4n) is 3.71. The lowest BCUT2D eigenvalue weighted by Crippen LogP contribution is -2.33. The second-order valence-corrected chi connectivity index (χ2v) is 8.22. The van der Waals surface area contributed by atoms with Crippen molar-refractivity contribution < 1.29 is 4.79 Å². The number of fused-ring (bicyclic) bond motifs is 1. The van der Waals surface area contributed by atoms with Gasteiger partial charge in [-0.3, -0.25) is 4.79 Å². The molecule has 1 aromatic heterocycles. The van der Waals surface area contributed by atoms with Gasteiger partial charge in [-0.1, -0.05) is 81.5 Å². The number of halogens is 1. The molecule has 0 radical (unpaired) electrons. The van der Waals surface area contributed by atoms with Crippen molar-refractivity contribution in [3.63, 3.8) is 0 Å². The van der Waals surface area contributed by atoms with E-state index in [0.717, 1.165) is 79.3 Å². The molecular formula is C26H31ClN2O. The summed E-state index contributed by atoms with van der Waals surface area (Å²) < 4.78 is 0. The van der Waals surface area contributed by atoms with Crippen molar-refractivity contribution in [1.82, 2.24) is 9.88 Å². The second kappa shape index (κ2) is 11.1. The molecule has 3 nitrogen and oxygen atoms in total. The highest BCUT2D eigenvalue weighted by molar-refractivity contribution is 6.30. The number of pyridine rings is 1. The maximum Gasteiger partial charge on any atom is 0.254 e. The number of aromatic nitrogens is 1. The molecular weight excluding hydrogens is 392 g/mol. The number of nitrogens with zero attached hydrogens (tertiary/aromatic N) is 2. The zero-order valence-corrected chi connectivity index (χ0v) is 18.8. The van der Waals surface area contributed by atoms with Crippen LogP contribution in [0.3, 0.4) is 0 Å². The Hall–Kier alpha value is -2.39. The van der Waals surface area contributed by atoms with Crippen LogP contribution in [-0.2, 0) is 0 Å². The number of unbranched alkanes of at least 4 members (excludes halogenated alkanes) is 4. The summed E-state index contributed by atoms with van der Waals surface area (Å²) in [4.78, 5) is 20.5. The Labute approximate surface area is 185 Å². The minimum Gasteiger partial charge on any atom is -0.339 e. The maximum absolute atomic E-state index is 13.7. The molecule has 158 valence electrons. The standard InChI is InChI=1S/C26H31ClN2O/c1-3-5-9-17-29(18-10-6-4-2)26(30)23-19-25(20-13-15-21(27)16-14-20)28-24-12-8-7-11-22(23)24/h7-8,11-16,19H,3-6,9-10,17-18H2,1-2H3. The zero-order valence-electron chi connectivity index (χ0n) is 18.0. The van der Waals surface area contributed by atoms with E-state index in [9.17, 15) is 4.79 Å². The Morgan fingerprint density at radius 2 is 1.53 bits per heavy atom. The molecule has 0 saturated heterocycles. The third-order valence-corrected chi connectivity index (χ3v) is 5.69. The van der Waals surface area contributed by atoms with E-state index in [1.54, 1.807) is 0 Å². The lowest BCUT2D eigenvalue weighted by molar-refractivity contribution is 0.0751. The number of hydrogen-bond donors (Lipinski definition) is 0. The Morgan fingerprint density at radius 3 is 2.17 bits per heavy atom. The van der Waals surface area contributed by atoms with E-state index in [1.165, 1.54) is 0 Å². The van der Waals surface area contributed by atoms with Crippen LogP contribution in [0, 0.1) is 0 Å². The molecule has 0 bridgehead atoms. The van der Waals surface area contributed by atoms with Gasteiger partial charge in [-0.05, 0) is 37.1 Å². The molecule has 0 N–H and O–H groups in total. The average molecular weight is 423 g/mol. The molecule has 3 rings (SSSR count). The first-order valence-electron chi connectivity index (χ1n) is 11.1. The van der Waals surface area contributed by atoms with Gasteiger partial charge in [-0.15, -0.1) is 0 Å². The van der Waals surface area contributed by atoms with Crippen LogP contribution in [-0.4, -0.2) is 28.9 Å². The summed E-state index contributed by atoms with van der Waals surface area (Å²) in [7, 11) is 0. The number of carbonyl (C=O) groups excluding carboxylic acids is 1. The van der Waals surface area contributed by atoms with Crippen LogP contribution < -0.4 is 0 Å². The Morgan fingerprint density at radius 1 is 0.900 bits per heavy atom. The number of hydrogen-bond acceptors (Lipinski definition) is 2. The minimum atomic E-state index is 0.107. The fraction of sp³-hybridized carbons (Fsp3) is 0.385. The predicted octanol–water partition coefficient (Wildman–Crippen LogP) is 7.38. The van der Waals surface area contributed by atoms with Gasteiger partial charge in [-0.25, -0.2) is 4.98 Å². The quantitative estimate of drug-likeness (QED) is 0.319. The summed E-state index contributed by atoms with van der Waals surface area (Å²) in [6, 6.07) is 17.5. The van der Waals surface area contributed by atoms with E-state index in [0.29, 0.717) is 5.02 Å². The van der Waals surface area contributed by atoms with Crippen LogP contribution in [0.5, 0.6) is 0 Å². The average Bonchev–Trinajstić information content (AvgIpc) is 2.77. The first kappa shape index (κ1) is 22.3. The highest BCUT2D eigenvalue weighted by Crippen LogP contribution is 2.27. The summed E-state index contributed by atoms with van der Waals surface area (Å²) in [5.41, 5.74) is 3.34. The Bertz CT molecular complexity index is 958. The van der Waals surface area contributed by atoms with Crippen LogP contribution in [0.1, 0.15) is 62.7 Å². The van der Waals surface area contributed by atoms with E-state index >= 15 is 0 Å². The largest absolute Gasteiger partial charge is 0.339 e. The van der Waals surface area contributed by atoms with Gasteiger partial charge >= 0.3 is 0 Å². The molecule has 0 aliphatic carbocycles. The van der Waals surface area contributed by atoms with Gasteiger partial charge in [0.2, 0.25) is 0 Å². The molecule has 4 heteroatoms. The smallest absolute Gasteiger partial charge is 0.254 e. The highest BCUT2D eigenvalue weighted by atomic mass is 35.5. The van der Waals surface area contributed by atoms with Gasteiger partial charge in [-0.2, -0.15) is 0 Å². The van der Waals surface area contributed by atoms with Crippen molar-refractivity contribution in [1.29, 1.82) is 0 Å². The topological polar surface area (TPSA) is 33.2 Å². The van der Waals surface area contributed by atoms with Crippen LogP contribution >= 0.6 is 11.6 Å². The number of carbonyl (C=O) groups is 1. The Balaban J connectivity index is 1.99. The lowest BCUT2D eigenvalue weighted by Gasteiger charge is -2.24. The maximum atomic E-state index is 13.7. The molecule has 0 aliphatic heterocycles. The van der Waals surface area contributed by atoms with Crippen LogP contribution in [0.4, 0.5) is 0 Å². The number of benzene rings is 2. The van der Waals surface area contributed by atoms with Crippen molar-refractivity contribution in [3.8, 4) is 11.3 Å². The van der Waals surface area contributed by atoms with Crippen molar-refractivity contribution in [2.24, 2.45) is 0 Å². The van der Waals surface area contributed by atoms with Gasteiger partial charge < -0.3 is 4.90 Å². The lowest BCUT2D eigenvalue weighted by atomic mass is 10.0. The summed E-state index contributed by atoms with van der Waals surface area (Å²) in [5.74, 6) is 0.107. The van der Waals surface area contributed by atoms with Crippen LogP contribution in [0.2, 0.25) is 5.02 Å². The predicted molar refractivity (Wildman–Crippen MR) is 127 cm³/mol. The van der Waals surface area contributed by atoms with Crippen molar-refractivity contribution in [2.75, 3.05) is 13.1 Å². The molecule has 2 aromatic carbocycles. The molecule has 0 fully saturated rings. The summed E-state index contributed by atoms with van der Waals surface area (Å²) in [6.07, 6.45) is 6.67. The van der Waals surface area contributed by atoms with Gasteiger partial charge in [0.15, 0.2) is 0 Å². The van der Waals surface area contributed by atoms with E-state index in [1.807, 2.05) is 59.5 Å². The molecule has 1 amide bonds. The van der Waals surface area contributed by atoms with E-state index in [2.05, 4.69) is 13.8 Å². The van der Waals surface area contributed by atoms with Crippen molar-refractivity contribution in [2.45, 2.75) is 52.4 Å². The summed E-state index contributed by atoms with van der Waals surface area (Å²) in [6.45, 7) is 6.00. The molecule has 3 aromatic rings. The van der Waals surface area contributed by atoms with Crippen LogP contribution in [0.15, 0.2) is 54.6 Å². The van der Waals surface area contributed by atoms with Gasteiger partial charge in [0.05, 0.1) is 16.8 Å². The SMILES string of the molecule is CCCCCN(CCCCC)C(=O)c1cc(-c2ccc(Cl)cc2)nc2ccccc12. The van der Waals surface area contributed by atoms with E-state index < -0.39 is 0 Å². The van der Waals surface area contributed by atoms with Gasteiger partial charge in [0.1, 0.15) is 0 Å². The Kier molecular flexibility index (Phi) is 8.27. The fourth-order valence-corrected chi connectivity index (χ4v) is 3.84. The molecule has 30 heavy (non-hydrogen) atoms. The monoisotopic (exact) mass is 422 g/mol. The number of para-hydroxylation sites is 1. The molecule has 0 aliphatic rings. The van der Waals surface area contributed by atoms with E-state index in [4.69, 9.17) is 16.6 Å². The third-order valence-electron chi connectivity index (χ3n) is 5.44. The molecule has 0 unspecified atom stereocenters. The van der Waals surface area contributed by atoms with Gasteiger partial charge in [0, 0.05) is 29.1 Å². The first-order chi connectivity index (χ1) is 14.6. The zero-order chi connectivity index (χ0) is 21.3.